The van der Waals surface area contributed by atoms with Crippen LogP contribution in [0, 0.1) is 0 Å². The van der Waals surface area contributed by atoms with Gasteiger partial charge < -0.3 is 10.6 Å². The van der Waals surface area contributed by atoms with Crippen molar-refractivity contribution < 1.29 is 9.00 Å². The van der Waals surface area contributed by atoms with Gasteiger partial charge in [-0.15, -0.1) is 0 Å². The highest BCUT2D eigenvalue weighted by molar-refractivity contribution is 7.84. The summed E-state index contributed by atoms with van der Waals surface area (Å²) >= 11 is 0. The van der Waals surface area contributed by atoms with E-state index in [1.54, 1.807) is 11.9 Å². The van der Waals surface area contributed by atoms with E-state index in [1.165, 1.54) is 0 Å². The van der Waals surface area contributed by atoms with E-state index in [0.717, 1.165) is 12.8 Å². The summed E-state index contributed by atoms with van der Waals surface area (Å²) in [6.07, 6.45) is 2.11. The predicted molar refractivity (Wildman–Crippen MR) is 64.1 cm³/mol. The Morgan fingerprint density at radius 1 is 1.40 bits per heavy atom. The first-order valence-corrected chi connectivity index (χ1v) is 6.89. The van der Waals surface area contributed by atoms with Crippen molar-refractivity contribution in [2.75, 3.05) is 31.6 Å². The van der Waals surface area contributed by atoms with Gasteiger partial charge in [0.25, 0.3) is 0 Å². The standard InChI is InChI=1S/C10H22N2O2S/c1-3-8-15(14)9-5-10(13)12(2)7-4-6-11/h3-9,11H2,1-2H3. The van der Waals surface area contributed by atoms with Gasteiger partial charge >= 0.3 is 0 Å². The van der Waals surface area contributed by atoms with E-state index in [-0.39, 0.29) is 5.91 Å². The summed E-state index contributed by atoms with van der Waals surface area (Å²) < 4.78 is 11.3. The highest BCUT2D eigenvalue weighted by atomic mass is 32.2. The summed E-state index contributed by atoms with van der Waals surface area (Å²) in [5.74, 6) is 1.24. The molecular formula is C10H22N2O2S. The van der Waals surface area contributed by atoms with Gasteiger partial charge in [0.1, 0.15) is 0 Å². The fraction of sp³-hybridized carbons (Fsp3) is 0.900. The maximum atomic E-state index is 11.5. The number of hydrogen-bond acceptors (Lipinski definition) is 3. The quantitative estimate of drug-likeness (QED) is 0.659. The zero-order chi connectivity index (χ0) is 11.7. The van der Waals surface area contributed by atoms with Crippen molar-refractivity contribution in [1.82, 2.24) is 4.90 Å². The van der Waals surface area contributed by atoms with Crippen LogP contribution in [0.15, 0.2) is 0 Å². The topological polar surface area (TPSA) is 63.4 Å². The lowest BCUT2D eigenvalue weighted by molar-refractivity contribution is -0.129. The van der Waals surface area contributed by atoms with Crippen LogP contribution in [0.1, 0.15) is 26.2 Å². The first-order valence-electron chi connectivity index (χ1n) is 5.40. The Hall–Kier alpha value is -0.420. The van der Waals surface area contributed by atoms with E-state index >= 15 is 0 Å². The third-order valence-corrected chi connectivity index (χ3v) is 3.62. The van der Waals surface area contributed by atoms with Crippen molar-refractivity contribution >= 4 is 16.7 Å². The second-order valence-corrected chi connectivity index (χ2v) is 5.25. The monoisotopic (exact) mass is 234 g/mol. The molecule has 1 unspecified atom stereocenters. The van der Waals surface area contributed by atoms with Gasteiger partial charge in [0, 0.05) is 42.3 Å². The fourth-order valence-electron chi connectivity index (χ4n) is 1.17. The van der Waals surface area contributed by atoms with Gasteiger partial charge in [-0.05, 0) is 19.4 Å². The number of rotatable bonds is 8. The lowest BCUT2D eigenvalue weighted by atomic mass is 10.3. The van der Waals surface area contributed by atoms with Crippen molar-refractivity contribution in [3.05, 3.63) is 0 Å². The van der Waals surface area contributed by atoms with Crippen LogP contribution < -0.4 is 5.73 Å². The predicted octanol–water partition coefficient (Wildman–Crippen LogP) is 0.342. The van der Waals surface area contributed by atoms with E-state index in [4.69, 9.17) is 5.73 Å². The van der Waals surface area contributed by atoms with Crippen molar-refractivity contribution in [3.8, 4) is 0 Å². The van der Waals surface area contributed by atoms with Crippen LogP contribution in [0.25, 0.3) is 0 Å². The Balaban J connectivity index is 3.68. The molecule has 0 radical (unpaired) electrons. The second kappa shape index (κ2) is 8.85. The molecule has 1 amide bonds. The molecule has 0 aliphatic rings. The molecular weight excluding hydrogens is 212 g/mol. The average Bonchev–Trinajstić information content (AvgIpc) is 2.22. The molecule has 0 aliphatic heterocycles. The summed E-state index contributed by atoms with van der Waals surface area (Å²) in [6.45, 7) is 3.28. The third kappa shape index (κ3) is 7.50. The SMILES string of the molecule is CCCS(=O)CCC(=O)N(C)CCCN. The van der Waals surface area contributed by atoms with Crippen LogP contribution in [0.4, 0.5) is 0 Å². The number of nitrogens with two attached hydrogens (primary N) is 1. The van der Waals surface area contributed by atoms with Crippen molar-refractivity contribution in [2.24, 2.45) is 5.73 Å². The van der Waals surface area contributed by atoms with Gasteiger partial charge in [-0.3, -0.25) is 9.00 Å². The van der Waals surface area contributed by atoms with Gasteiger partial charge in [-0.25, -0.2) is 0 Å². The number of nitrogens with zero attached hydrogens (tertiary/aromatic N) is 1. The molecule has 1 atom stereocenters. The Morgan fingerprint density at radius 2 is 2.07 bits per heavy atom. The summed E-state index contributed by atoms with van der Waals surface area (Å²) in [5.41, 5.74) is 5.35. The average molecular weight is 234 g/mol. The highest BCUT2D eigenvalue weighted by Gasteiger charge is 2.09. The molecule has 0 saturated heterocycles. The summed E-state index contributed by atoms with van der Waals surface area (Å²) in [6, 6.07) is 0. The van der Waals surface area contributed by atoms with Gasteiger partial charge in [0.05, 0.1) is 0 Å². The molecule has 90 valence electrons. The summed E-state index contributed by atoms with van der Waals surface area (Å²) in [4.78, 5) is 13.2. The third-order valence-electron chi connectivity index (χ3n) is 2.10. The van der Waals surface area contributed by atoms with Crippen LogP contribution in [0.3, 0.4) is 0 Å². The summed E-state index contributed by atoms with van der Waals surface area (Å²) in [7, 11) is 0.930. The van der Waals surface area contributed by atoms with Crippen LogP contribution in [0.2, 0.25) is 0 Å². The molecule has 4 nitrogen and oxygen atoms in total. The molecule has 0 aromatic rings. The second-order valence-electron chi connectivity index (χ2n) is 3.56. The molecule has 0 heterocycles. The molecule has 0 aromatic carbocycles. The first-order chi connectivity index (χ1) is 7.11. The molecule has 0 spiro atoms. The first kappa shape index (κ1) is 14.6. The van der Waals surface area contributed by atoms with E-state index < -0.39 is 10.8 Å². The van der Waals surface area contributed by atoms with Crippen LogP contribution in [0.5, 0.6) is 0 Å². The fourth-order valence-corrected chi connectivity index (χ4v) is 2.24. The maximum Gasteiger partial charge on any atom is 0.223 e. The van der Waals surface area contributed by atoms with Gasteiger partial charge in [0.2, 0.25) is 5.91 Å². The van der Waals surface area contributed by atoms with Gasteiger partial charge in [0.15, 0.2) is 0 Å². The zero-order valence-corrected chi connectivity index (χ0v) is 10.5. The van der Waals surface area contributed by atoms with E-state index in [9.17, 15) is 9.00 Å². The molecule has 0 aliphatic carbocycles. The lowest BCUT2D eigenvalue weighted by Crippen LogP contribution is -2.30. The number of carbonyl (C=O) groups is 1. The van der Waals surface area contributed by atoms with Crippen molar-refractivity contribution in [1.29, 1.82) is 0 Å². The zero-order valence-electron chi connectivity index (χ0n) is 9.70. The molecule has 0 fully saturated rings. The van der Waals surface area contributed by atoms with E-state index in [0.29, 0.717) is 31.0 Å². The number of hydrogen-bond donors (Lipinski definition) is 1. The van der Waals surface area contributed by atoms with Gasteiger partial charge in [-0.2, -0.15) is 0 Å². The number of amides is 1. The maximum absolute atomic E-state index is 11.5. The Morgan fingerprint density at radius 3 is 2.60 bits per heavy atom. The Kier molecular flexibility index (Phi) is 8.61. The van der Waals surface area contributed by atoms with Crippen molar-refractivity contribution in [3.63, 3.8) is 0 Å². The highest BCUT2D eigenvalue weighted by Crippen LogP contribution is 1.96. The normalized spacial score (nSPS) is 12.5. The van der Waals surface area contributed by atoms with E-state index in [1.807, 2.05) is 6.92 Å². The minimum absolute atomic E-state index is 0.0629. The van der Waals surface area contributed by atoms with Crippen LogP contribution in [-0.2, 0) is 15.6 Å². The largest absolute Gasteiger partial charge is 0.346 e. The molecule has 0 rings (SSSR count). The molecule has 15 heavy (non-hydrogen) atoms. The molecule has 2 N–H and O–H groups in total. The molecule has 0 bridgehead atoms. The van der Waals surface area contributed by atoms with Crippen molar-refractivity contribution in [2.45, 2.75) is 26.2 Å². The van der Waals surface area contributed by atoms with E-state index in [2.05, 4.69) is 0 Å². The minimum Gasteiger partial charge on any atom is -0.346 e. The smallest absolute Gasteiger partial charge is 0.223 e. The molecule has 5 heteroatoms. The number of carbonyl (C=O) groups excluding carboxylic acids is 1. The van der Waals surface area contributed by atoms with Gasteiger partial charge in [-0.1, -0.05) is 6.92 Å². The minimum atomic E-state index is -0.835. The van der Waals surface area contributed by atoms with Crippen LogP contribution >= 0.6 is 0 Å². The summed E-state index contributed by atoms with van der Waals surface area (Å²) in [5, 5.41) is 0. The van der Waals surface area contributed by atoms with Crippen LogP contribution in [-0.4, -0.2) is 46.7 Å². The molecule has 0 saturated carbocycles. The Labute approximate surface area is 94.7 Å². The molecule has 0 aromatic heterocycles. The lowest BCUT2D eigenvalue weighted by Gasteiger charge is -2.16. The Bertz CT molecular complexity index is 210.